The Hall–Kier alpha value is -2.30. The molecule has 0 amide bonds. The Labute approximate surface area is 196 Å². The molecule has 8 rings (SSSR count). The molecule has 3 aliphatic carbocycles. The minimum atomic E-state index is -1.56. The Morgan fingerprint density at radius 3 is 2.82 bits per heavy atom. The number of carboxylic acid groups (broad SMARTS) is 1. The summed E-state index contributed by atoms with van der Waals surface area (Å²) in [6.07, 6.45) is 2.86. The lowest BCUT2D eigenvalue weighted by atomic mass is 9.56. The van der Waals surface area contributed by atoms with Crippen LogP contribution in [0.25, 0.3) is 15.7 Å². The fourth-order valence-electron chi connectivity index (χ4n) is 6.91. The van der Waals surface area contributed by atoms with E-state index in [0.29, 0.717) is 39.5 Å². The van der Waals surface area contributed by atoms with Crippen LogP contribution in [0.1, 0.15) is 31.4 Å². The maximum atomic E-state index is 15.7. The van der Waals surface area contributed by atoms with Crippen LogP contribution in [0.2, 0.25) is 0 Å². The van der Waals surface area contributed by atoms with Crippen LogP contribution in [-0.4, -0.2) is 34.3 Å². The van der Waals surface area contributed by atoms with Gasteiger partial charge in [0.25, 0.3) is 0 Å². The molecule has 4 fully saturated rings. The highest BCUT2D eigenvalue weighted by atomic mass is 32.2. The molecular weight excluding hydrogens is 465 g/mol. The molecule has 2 unspecified atom stereocenters. The SMILES string of the molecule is NC12CCC(CC1)C1CN(c3c(F)cc4c(=O)c(OC(=O)O)c5scc6n5c4c3SC6)CC12. The van der Waals surface area contributed by atoms with Gasteiger partial charge in [0.2, 0.25) is 11.2 Å². The van der Waals surface area contributed by atoms with Crippen molar-refractivity contribution in [1.29, 1.82) is 0 Å². The zero-order valence-corrected chi connectivity index (χ0v) is 19.3. The number of anilines is 1. The quantitative estimate of drug-likeness (QED) is 0.521. The summed E-state index contributed by atoms with van der Waals surface area (Å²) >= 11 is 2.82. The molecule has 3 saturated carbocycles. The van der Waals surface area contributed by atoms with Crippen LogP contribution in [0.4, 0.5) is 14.9 Å². The number of fused-ring (bicyclic) bond motifs is 2. The maximum Gasteiger partial charge on any atom is 0.511 e. The smallest absolute Gasteiger partial charge is 0.449 e. The van der Waals surface area contributed by atoms with Crippen molar-refractivity contribution in [2.45, 2.75) is 41.9 Å². The lowest BCUT2D eigenvalue weighted by molar-refractivity contribution is 0.0318. The Balaban J connectivity index is 1.44. The summed E-state index contributed by atoms with van der Waals surface area (Å²) in [6, 6.07) is 1.26. The van der Waals surface area contributed by atoms with E-state index in [0.717, 1.165) is 49.4 Å². The maximum absolute atomic E-state index is 15.7. The number of ether oxygens (including phenoxy) is 1. The second-order valence-electron chi connectivity index (χ2n) is 9.86. The molecule has 4 heterocycles. The van der Waals surface area contributed by atoms with Gasteiger partial charge in [-0.05, 0) is 49.5 Å². The van der Waals surface area contributed by atoms with Gasteiger partial charge in [-0.1, -0.05) is 0 Å². The van der Waals surface area contributed by atoms with E-state index < -0.39 is 17.4 Å². The number of benzene rings is 1. The van der Waals surface area contributed by atoms with E-state index in [1.54, 1.807) is 11.8 Å². The molecule has 2 atom stereocenters. The fraction of sp³-hybridized carbons (Fsp3) is 0.478. The normalized spacial score (nSPS) is 29.9. The van der Waals surface area contributed by atoms with Gasteiger partial charge < -0.3 is 20.5 Å². The lowest BCUT2D eigenvalue weighted by Crippen LogP contribution is -2.58. The Kier molecular flexibility index (Phi) is 4.05. The molecule has 172 valence electrons. The van der Waals surface area contributed by atoms with Crippen molar-refractivity contribution in [2.75, 3.05) is 18.0 Å². The number of nitrogens with two attached hydrogens (primary N) is 1. The molecule has 33 heavy (non-hydrogen) atoms. The monoisotopic (exact) mass is 487 g/mol. The van der Waals surface area contributed by atoms with Crippen molar-refractivity contribution in [3.05, 3.63) is 33.2 Å². The van der Waals surface area contributed by atoms with E-state index in [4.69, 9.17) is 15.6 Å². The summed E-state index contributed by atoms with van der Waals surface area (Å²) in [7, 11) is 0. The molecule has 2 bridgehead atoms. The van der Waals surface area contributed by atoms with Crippen molar-refractivity contribution in [1.82, 2.24) is 4.40 Å². The van der Waals surface area contributed by atoms with E-state index in [2.05, 4.69) is 4.90 Å². The number of hydrogen-bond donors (Lipinski definition) is 2. The lowest BCUT2D eigenvalue weighted by Gasteiger charge is -2.52. The molecule has 0 spiro atoms. The number of carbonyl (C=O) groups is 1. The summed E-state index contributed by atoms with van der Waals surface area (Å²) in [5, 5.41) is 11.2. The van der Waals surface area contributed by atoms with Gasteiger partial charge in [0.1, 0.15) is 10.6 Å². The standard InChI is InChI=1S/C23H22FN3O4S2/c24-15-5-12-16-20(17(15)26-6-13-10-1-3-23(25,4-2-10)14(13)7-26)32-8-11-9-33-21(27(11)16)19(18(12)28)31-22(29)30/h5,9-10,13-14H,1-4,6-8,25H2,(H,29,30). The molecule has 0 radical (unpaired) electrons. The molecule has 10 heteroatoms. The van der Waals surface area contributed by atoms with Gasteiger partial charge in [0.05, 0.1) is 21.5 Å². The molecule has 7 nitrogen and oxygen atoms in total. The van der Waals surface area contributed by atoms with Crippen LogP contribution in [0, 0.1) is 23.6 Å². The highest BCUT2D eigenvalue weighted by Crippen LogP contribution is 2.55. The first kappa shape index (κ1) is 20.1. The van der Waals surface area contributed by atoms with Crippen molar-refractivity contribution >= 4 is 50.7 Å². The molecule has 2 aliphatic heterocycles. The molecule has 1 saturated heterocycles. The molecule has 3 N–H and O–H groups in total. The number of hydrogen-bond acceptors (Lipinski definition) is 7. The fourth-order valence-corrected chi connectivity index (χ4v) is 9.21. The summed E-state index contributed by atoms with van der Waals surface area (Å²) in [5.74, 6) is 1.42. The number of nitrogens with zero attached hydrogens (tertiary/aromatic N) is 2. The predicted molar refractivity (Wildman–Crippen MR) is 125 cm³/mol. The number of thioether (sulfide) groups is 1. The largest absolute Gasteiger partial charge is 0.511 e. The number of halogens is 1. The van der Waals surface area contributed by atoms with Crippen molar-refractivity contribution in [3.63, 3.8) is 0 Å². The highest BCUT2D eigenvalue weighted by Gasteiger charge is 2.55. The average molecular weight is 488 g/mol. The summed E-state index contributed by atoms with van der Waals surface area (Å²) in [6.45, 7) is 1.53. The van der Waals surface area contributed by atoms with Crippen LogP contribution in [0.3, 0.4) is 0 Å². The zero-order valence-electron chi connectivity index (χ0n) is 17.7. The van der Waals surface area contributed by atoms with Crippen LogP contribution in [0.5, 0.6) is 5.75 Å². The van der Waals surface area contributed by atoms with Crippen LogP contribution in [-0.2, 0) is 5.75 Å². The van der Waals surface area contributed by atoms with Crippen molar-refractivity contribution in [3.8, 4) is 5.75 Å². The zero-order chi connectivity index (χ0) is 22.6. The Morgan fingerprint density at radius 1 is 1.30 bits per heavy atom. The molecule has 1 aromatic carbocycles. The van der Waals surface area contributed by atoms with E-state index in [1.165, 1.54) is 17.4 Å². The van der Waals surface area contributed by atoms with Gasteiger partial charge in [-0.3, -0.25) is 9.20 Å². The summed E-state index contributed by atoms with van der Waals surface area (Å²) < 4.78 is 22.5. The molecule has 3 aromatic rings. The van der Waals surface area contributed by atoms with E-state index in [-0.39, 0.29) is 16.7 Å². The van der Waals surface area contributed by atoms with Gasteiger partial charge in [-0.2, -0.15) is 0 Å². The van der Waals surface area contributed by atoms with E-state index in [1.807, 2.05) is 9.78 Å². The Bertz CT molecular complexity index is 1430. The van der Waals surface area contributed by atoms with Gasteiger partial charge in [0, 0.05) is 35.5 Å². The molecule has 2 aromatic heterocycles. The van der Waals surface area contributed by atoms with Gasteiger partial charge in [-0.25, -0.2) is 9.18 Å². The second kappa shape index (κ2) is 6.64. The van der Waals surface area contributed by atoms with E-state index in [9.17, 15) is 9.59 Å². The highest BCUT2D eigenvalue weighted by molar-refractivity contribution is 7.99. The van der Waals surface area contributed by atoms with Gasteiger partial charge in [-0.15, -0.1) is 23.1 Å². The van der Waals surface area contributed by atoms with Crippen LogP contribution < -0.4 is 20.8 Å². The van der Waals surface area contributed by atoms with E-state index >= 15 is 4.39 Å². The first-order chi connectivity index (χ1) is 15.9. The first-order valence-electron chi connectivity index (χ1n) is 11.2. The minimum Gasteiger partial charge on any atom is -0.449 e. The van der Waals surface area contributed by atoms with Crippen LogP contribution >= 0.6 is 23.1 Å². The average Bonchev–Trinajstić information content (AvgIpc) is 3.42. The van der Waals surface area contributed by atoms with Crippen LogP contribution in [0.15, 0.2) is 21.1 Å². The Morgan fingerprint density at radius 2 is 2.09 bits per heavy atom. The number of pyridine rings is 1. The topological polar surface area (TPSA) is 97.3 Å². The van der Waals surface area contributed by atoms with Crippen molar-refractivity contribution < 1.29 is 19.0 Å². The van der Waals surface area contributed by atoms with Gasteiger partial charge >= 0.3 is 6.16 Å². The number of thiazole rings is 1. The molecule has 5 aliphatic rings. The van der Waals surface area contributed by atoms with Gasteiger partial charge in [0.15, 0.2) is 0 Å². The van der Waals surface area contributed by atoms with Crippen molar-refractivity contribution in [2.24, 2.45) is 23.5 Å². The minimum absolute atomic E-state index is 0.152. The molecular formula is C23H22FN3O4S2. The number of rotatable bonds is 2. The third-order valence-corrected chi connectivity index (χ3v) is 10.5. The number of aromatic nitrogens is 1. The first-order valence-corrected chi connectivity index (χ1v) is 13.1. The predicted octanol–water partition coefficient (Wildman–Crippen LogP) is 4.27. The summed E-state index contributed by atoms with van der Waals surface area (Å²) in [5.41, 5.74) is 8.24. The second-order valence-corrected chi connectivity index (χ2v) is 11.7. The summed E-state index contributed by atoms with van der Waals surface area (Å²) in [4.78, 5) is 27.8. The third-order valence-electron chi connectivity index (χ3n) is 8.39. The third kappa shape index (κ3) is 2.60.